The van der Waals surface area contributed by atoms with Crippen LogP contribution in [-0.2, 0) is 0 Å². The third kappa shape index (κ3) is 2.64. The molecule has 86 valence electrons. The Morgan fingerprint density at radius 3 is 2.53 bits per heavy atom. The molecular weight excluding hydrogens is 214 g/mol. The van der Waals surface area contributed by atoms with Crippen LogP contribution < -0.4 is 10.1 Å². The first-order valence-corrected chi connectivity index (χ1v) is 5.29. The Morgan fingerprint density at radius 1 is 1.12 bits per heavy atom. The van der Waals surface area contributed by atoms with E-state index >= 15 is 0 Å². The standard InChI is InChI=1S/C14H13NO2/c1-17-14-9-11(10-16)7-8-13(14)15-12-5-3-2-4-6-12/h2-10,15H,1H3. The second kappa shape index (κ2) is 5.16. The summed E-state index contributed by atoms with van der Waals surface area (Å²) in [6.07, 6.45) is 0.800. The number of aldehydes is 1. The molecule has 0 unspecified atom stereocenters. The minimum Gasteiger partial charge on any atom is -0.495 e. The van der Waals surface area contributed by atoms with Gasteiger partial charge >= 0.3 is 0 Å². The molecule has 0 atom stereocenters. The largest absolute Gasteiger partial charge is 0.495 e. The third-order valence-corrected chi connectivity index (χ3v) is 2.41. The second-order valence-electron chi connectivity index (χ2n) is 3.57. The number of carbonyl (C=O) groups excluding carboxylic acids is 1. The van der Waals surface area contributed by atoms with Crippen molar-refractivity contribution in [2.45, 2.75) is 0 Å². The van der Waals surface area contributed by atoms with Crippen molar-refractivity contribution in [1.29, 1.82) is 0 Å². The first-order valence-electron chi connectivity index (χ1n) is 5.29. The van der Waals surface area contributed by atoms with Crippen LogP contribution in [0, 0.1) is 0 Å². The molecule has 0 radical (unpaired) electrons. The highest BCUT2D eigenvalue weighted by Gasteiger charge is 2.04. The van der Waals surface area contributed by atoms with Gasteiger partial charge in [0.05, 0.1) is 12.8 Å². The van der Waals surface area contributed by atoms with Gasteiger partial charge in [-0.05, 0) is 30.3 Å². The van der Waals surface area contributed by atoms with Crippen molar-refractivity contribution in [2.24, 2.45) is 0 Å². The first-order chi connectivity index (χ1) is 8.33. The van der Waals surface area contributed by atoms with Crippen molar-refractivity contribution in [3.63, 3.8) is 0 Å². The van der Waals surface area contributed by atoms with E-state index in [9.17, 15) is 4.79 Å². The van der Waals surface area contributed by atoms with Gasteiger partial charge in [-0.25, -0.2) is 0 Å². The molecular formula is C14H13NO2. The lowest BCUT2D eigenvalue weighted by Gasteiger charge is -2.11. The monoisotopic (exact) mass is 227 g/mol. The van der Waals surface area contributed by atoms with Crippen molar-refractivity contribution < 1.29 is 9.53 Å². The van der Waals surface area contributed by atoms with E-state index in [1.807, 2.05) is 36.4 Å². The van der Waals surface area contributed by atoms with Crippen LogP contribution in [0.4, 0.5) is 11.4 Å². The van der Waals surface area contributed by atoms with E-state index in [1.165, 1.54) is 0 Å². The Labute approximate surface area is 100 Å². The summed E-state index contributed by atoms with van der Waals surface area (Å²) in [7, 11) is 1.58. The highest BCUT2D eigenvalue weighted by Crippen LogP contribution is 2.28. The summed E-state index contributed by atoms with van der Waals surface area (Å²) in [4.78, 5) is 10.7. The van der Waals surface area contributed by atoms with Crippen molar-refractivity contribution in [1.82, 2.24) is 0 Å². The number of ether oxygens (including phenoxy) is 1. The average molecular weight is 227 g/mol. The maximum atomic E-state index is 10.7. The van der Waals surface area contributed by atoms with Crippen LogP contribution in [0.3, 0.4) is 0 Å². The fourth-order valence-corrected chi connectivity index (χ4v) is 1.56. The summed E-state index contributed by atoms with van der Waals surface area (Å²) in [5.74, 6) is 0.651. The number of carbonyl (C=O) groups is 1. The zero-order valence-corrected chi connectivity index (χ0v) is 9.51. The molecule has 0 bridgehead atoms. The average Bonchev–Trinajstić information content (AvgIpc) is 2.40. The second-order valence-corrected chi connectivity index (χ2v) is 3.57. The fourth-order valence-electron chi connectivity index (χ4n) is 1.56. The van der Waals surface area contributed by atoms with Crippen molar-refractivity contribution in [2.75, 3.05) is 12.4 Å². The number of hydrogen-bond acceptors (Lipinski definition) is 3. The summed E-state index contributed by atoms with van der Waals surface area (Å²) >= 11 is 0. The molecule has 2 aromatic rings. The maximum absolute atomic E-state index is 10.7. The summed E-state index contributed by atoms with van der Waals surface area (Å²) in [5.41, 5.74) is 2.41. The number of anilines is 2. The zero-order chi connectivity index (χ0) is 12.1. The van der Waals surface area contributed by atoms with Crippen molar-refractivity contribution in [3.8, 4) is 5.75 Å². The topological polar surface area (TPSA) is 38.3 Å². The molecule has 2 rings (SSSR count). The van der Waals surface area contributed by atoms with Crippen molar-refractivity contribution >= 4 is 17.7 Å². The fraction of sp³-hybridized carbons (Fsp3) is 0.0714. The van der Waals surface area contributed by atoms with Gasteiger partial charge in [-0.3, -0.25) is 4.79 Å². The molecule has 0 aliphatic heterocycles. The molecule has 0 aliphatic rings. The SMILES string of the molecule is COc1cc(C=O)ccc1Nc1ccccc1. The van der Waals surface area contributed by atoms with Crippen molar-refractivity contribution in [3.05, 3.63) is 54.1 Å². The number of hydrogen-bond donors (Lipinski definition) is 1. The van der Waals surface area contributed by atoms with Gasteiger partial charge in [0.15, 0.2) is 0 Å². The molecule has 0 spiro atoms. The van der Waals surface area contributed by atoms with Gasteiger partial charge < -0.3 is 10.1 Å². The summed E-state index contributed by atoms with van der Waals surface area (Å²) in [5, 5.41) is 3.23. The molecule has 0 saturated heterocycles. The lowest BCUT2D eigenvalue weighted by molar-refractivity contribution is 0.112. The molecule has 0 amide bonds. The van der Waals surface area contributed by atoms with Crippen LogP contribution in [0.15, 0.2) is 48.5 Å². The number of benzene rings is 2. The number of nitrogens with one attached hydrogen (secondary N) is 1. The van der Waals surface area contributed by atoms with Gasteiger partial charge in [0.2, 0.25) is 0 Å². The molecule has 2 aromatic carbocycles. The predicted octanol–water partition coefficient (Wildman–Crippen LogP) is 3.25. The Balaban J connectivity index is 2.29. The quantitative estimate of drug-likeness (QED) is 0.815. The van der Waals surface area contributed by atoms with Crippen LogP contribution in [0.5, 0.6) is 5.75 Å². The molecule has 0 saturated carbocycles. The Morgan fingerprint density at radius 2 is 1.88 bits per heavy atom. The van der Waals surface area contributed by atoms with E-state index in [2.05, 4.69) is 5.32 Å². The normalized spacial score (nSPS) is 9.71. The lowest BCUT2D eigenvalue weighted by Crippen LogP contribution is -1.95. The highest BCUT2D eigenvalue weighted by molar-refractivity contribution is 5.79. The first kappa shape index (κ1) is 11.2. The summed E-state index contributed by atoms with van der Waals surface area (Å²) in [6.45, 7) is 0. The van der Waals surface area contributed by atoms with Gasteiger partial charge in [0, 0.05) is 11.3 Å². The van der Waals surface area contributed by atoms with Gasteiger partial charge in [0.1, 0.15) is 12.0 Å². The summed E-state index contributed by atoms with van der Waals surface area (Å²) < 4.78 is 5.24. The smallest absolute Gasteiger partial charge is 0.150 e. The molecule has 1 N–H and O–H groups in total. The number of rotatable bonds is 4. The maximum Gasteiger partial charge on any atom is 0.150 e. The molecule has 0 heterocycles. The van der Waals surface area contributed by atoms with Gasteiger partial charge in [0.25, 0.3) is 0 Å². The Hall–Kier alpha value is -2.29. The highest BCUT2D eigenvalue weighted by atomic mass is 16.5. The van der Waals surface area contributed by atoms with E-state index in [0.29, 0.717) is 11.3 Å². The number of para-hydroxylation sites is 1. The van der Waals surface area contributed by atoms with Gasteiger partial charge in [-0.1, -0.05) is 18.2 Å². The van der Waals surface area contributed by atoms with E-state index in [4.69, 9.17) is 4.74 Å². The molecule has 0 aromatic heterocycles. The molecule has 3 heteroatoms. The van der Waals surface area contributed by atoms with E-state index in [1.54, 1.807) is 19.2 Å². The van der Waals surface area contributed by atoms with Crippen LogP contribution in [-0.4, -0.2) is 13.4 Å². The Bertz CT molecular complexity index is 509. The van der Waals surface area contributed by atoms with Crippen LogP contribution in [0.25, 0.3) is 0 Å². The number of methoxy groups -OCH3 is 1. The van der Waals surface area contributed by atoms with E-state index in [0.717, 1.165) is 17.7 Å². The predicted molar refractivity (Wildman–Crippen MR) is 68.1 cm³/mol. The molecule has 0 aliphatic carbocycles. The zero-order valence-electron chi connectivity index (χ0n) is 9.51. The van der Waals surface area contributed by atoms with Crippen LogP contribution in [0.2, 0.25) is 0 Å². The lowest BCUT2D eigenvalue weighted by atomic mass is 10.2. The van der Waals surface area contributed by atoms with Gasteiger partial charge in [-0.2, -0.15) is 0 Å². The third-order valence-electron chi connectivity index (χ3n) is 2.41. The minimum atomic E-state index is 0.598. The molecule has 0 fully saturated rings. The van der Waals surface area contributed by atoms with Crippen LogP contribution >= 0.6 is 0 Å². The minimum absolute atomic E-state index is 0.598. The van der Waals surface area contributed by atoms with Crippen LogP contribution in [0.1, 0.15) is 10.4 Å². The molecule has 17 heavy (non-hydrogen) atoms. The molecule has 3 nitrogen and oxygen atoms in total. The Kier molecular flexibility index (Phi) is 3.40. The summed E-state index contributed by atoms with van der Waals surface area (Å²) in [6, 6.07) is 15.1. The van der Waals surface area contributed by atoms with E-state index in [-0.39, 0.29) is 0 Å². The van der Waals surface area contributed by atoms with Gasteiger partial charge in [-0.15, -0.1) is 0 Å². The van der Waals surface area contributed by atoms with E-state index < -0.39 is 0 Å².